The van der Waals surface area contributed by atoms with Crippen LogP contribution >= 0.6 is 0 Å². The molecule has 0 bridgehead atoms. The summed E-state index contributed by atoms with van der Waals surface area (Å²) in [6, 6.07) is 8.94. The van der Waals surface area contributed by atoms with Gasteiger partial charge in [0, 0.05) is 17.2 Å². The fraction of sp³-hybridized carbons (Fsp3) is 0.222. The molecule has 1 N–H and O–H groups in total. The quantitative estimate of drug-likeness (QED) is 0.843. The lowest BCUT2D eigenvalue weighted by Crippen LogP contribution is -2.39. The number of hydrogen-bond acceptors (Lipinski definition) is 4. The Morgan fingerprint density at radius 3 is 2.74 bits per heavy atom. The molecule has 1 heterocycles. The summed E-state index contributed by atoms with van der Waals surface area (Å²) in [6.07, 6.45) is 5.51. The van der Waals surface area contributed by atoms with E-state index in [4.69, 9.17) is 14.3 Å². The Kier molecular flexibility index (Phi) is 3.88. The largest absolute Gasteiger partial charge is 0.480 e. The minimum atomic E-state index is -1.03. The second-order valence-electron chi connectivity index (χ2n) is 5.67. The molecule has 2 aromatic rings. The third-order valence-electron chi connectivity index (χ3n) is 3.81. The molecule has 1 unspecified atom stereocenters. The number of ketones is 1. The number of fused-ring (bicyclic) bond motifs is 1. The van der Waals surface area contributed by atoms with Crippen molar-refractivity contribution in [1.29, 1.82) is 0 Å². The summed E-state index contributed by atoms with van der Waals surface area (Å²) in [4.78, 5) is 23.3. The summed E-state index contributed by atoms with van der Waals surface area (Å²) < 4.78 is 10.9. The number of carboxylic acids is 1. The first-order valence-corrected chi connectivity index (χ1v) is 7.25. The van der Waals surface area contributed by atoms with Gasteiger partial charge in [-0.25, -0.2) is 4.79 Å². The van der Waals surface area contributed by atoms with Crippen molar-refractivity contribution in [2.45, 2.75) is 18.9 Å². The van der Waals surface area contributed by atoms with Gasteiger partial charge in [-0.3, -0.25) is 4.79 Å². The Morgan fingerprint density at radius 1 is 1.30 bits per heavy atom. The van der Waals surface area contributed by atoms with E-state index in [9.17, 15) is 9.59 Å². The van der Waals surface area contributed by atoms with Crippen LogP contribution in [0.2, 0.25) is 0 Å². The number of carbonyl (C=O) groups is 2. The van der Waals surface area contributed by atoms with Crippen LogP contribution in [-0.2, 0) is 9.53 Å². The first-order valence-electron chi connectivity index (χ1n) is 7.25. The van der Waals surface area contributed by atoms with E-state index < -0.39 is 18.2 Å². The number of carbonyl (C=O) groups excluding carboxylic acids is 1. The molecule has 0 saturated heterocycles. The van der Waals surface area contributed by atoms with Crippen LogP contribution < -0.4 is 10.6 Å². The second kappa shape index (κ2) is 5.85. The van der Waals surface area contributed by atoms with E-state index in [1.807, 2.05) is 12.1 Å². The van der Waals surface area contributed by atoms with Crippen LogP contribution in [0.3, 0.4) is 0 Å². The summed E-state index contributed by atoms with van der Waals surface area (Å²) in [5.41, 5.74) is 0.859. The number of rotatable bonds is 5. The van der Waals surface area contributed by atoms with Gasteiger partial charge in [-0.1, -0.05) is 30.3 Å². The maximum atomic E-state index is 12.6. The molecule has 0 spiro atoms. The van der Waals surface area contributed by atoms with Gasteiger partial charge in [-0.05, 0) is 19.1 Å². The average Bonchev–Trinajstić information content (AvgIpc) is 2.96. The number of aliphatic carboxylic acids is 1. The lowest BCUT2D eigenvalue weighted by Gasteiger charge is -2.25. The average molecular weight is 312 g/mol. The highest BCUT2D eigenvalue weighted by Gasteiger charge is 2.27. The van der Waals surface area contributed by atoms with E-state index in [1.54, 1.807) is 37.3 Å². The predicted molar refractivity (Wildman–Crippen MR) is 83.4 cm³/mol. The Morgan fingerprint density at radius 2 is 2.04 bits per heavy atom. The summed E-state index contributed by atoms with van der Waals surface area (Å²) in [5, 5.41) is 9.43. The van der Waals surface area contributed by atoms with Crippen LogP contribution in [-0.4, -0.2) is 29.1 Å². The maximum Gasteiger partial charge on any atom is 0.329 e. The number of ether oxygens (including phenoxy) is 1. The Labute approximate surface area is 132 Å². The van der Waals surface area contributed by atoms with E-state index in [0.717, 1.165) is 0 Å². The predicted octanol–water partition coefficient (Wildman–Crippen LogP) is 1.34. The van der Waals surface area contributed by atoms with E-state index >= 15 is 0 Å². The van der Waals surface area contributed by atoms with Gasteiger partial charge in [0.2, 0.25) is 0 Å². The Bertz CT molecular complexity index is 863. The minimum absolute atomic E-state index is 0.136. The zero-order valence-electron chi connectivity index (χ0n) is 12.6. The van der Waals surface area contributed by atoms with Crippen molar-refractivity contribution in [3.05, 3.63) is 58.4 Å². The first kappa shape index (κ1) is 15.2. The number of furan rings is 1. The molecular formula is C18H16O5. The van der Waals surface area contributed by atoms with Crippen molar-refractivity contribution in [3.8, 4) is 0 Å². The van der Waals surface area contributed by atoms with E-state index in [0.29, 0.717) is 28.2 Å². The van der Waals surface area contributed by atoms with Gasteiger partial charge in [0.15, 0.2) is 5.78 Å². The van der Waals surface area contributed by atoms with E-state index in [-0.39, 0.29) is 5.78 Å². The summed E-state index contributed by atoms with van der Waals surface area (Å²) in [5.74, 6) is -1.17. The third-order valence-corrected chi connectivity index (χ3v) is 3.81. The second-order valence-corrected chi connectivity index (χ2v) is 5.67. The highest BCUT2D eigenvalue weighted by atomic mass is 16.5. The number of carboxylic acid groups (broad SMARTS) is 1. The molecule has 5 heteroatoms. The molecule has 1 atom stereocenters. The van der Waals surface area contributed by atoms with Crippen LogP contribution in [0.4, 0.5) is 0 Å². The van der Waals surface area contributed by atoms with Gasteiger partial charge in [0.25, 0.3) is 0 Å². The highest BCUT2D eigenvalue weighted by molar-refractivity contribution is 6.09. The molecule has 0 fully saturated rings. The van der Waals surface area contributed by atoms with Crippen LogP contribution in [0.15, 0.2) is 41.0 Å². The van der Waals surface area contributed by atoms with Crippen molar-refractivity contribution in [2.24, 2.45) is 0 Å². The zero-order chi connectivity index (χ0) is 16.4. The molecule has 1 aliphatic carbocycles. The van der Waals surface area contributed by atoms with Gasteiger partial charge < -0.3 is 14.3 Å². The topological polar surface area (TPSA) is 76.7 Å². The highest BCUT2D eigenvalue weighted by Crippen LogP contribution is 2.20. The van der Waals surface area contributed by atoms with Gasteiger partial charge >= 0.3 is 5.97 Å². The Hall–Kier alpha value is -2.66. The minimum Gasteiger partial charge on any atom is -0.480 e. The van der Waals surface area contributed by atoms with Crippen LogP contribution in [0, 0.1) is 0 Å². The molecule has 0 radical (unpaired) electrons. The van der Waals surface area contributed by atoms with Crippen molar-refractivity contribution in [1.82, 2.24) is 0 Å². The SMILES string of the molecule is CC1(OCC(=O)O)C=c2c(C(=O)c3ccccc3)coc2=CC1. The molecule has 0 amide bonds. The number of hydrogen-bond donors (Lipinski definition) is 1. The zero-order valence-corrected chi connectivity index (χ0v) is 12.6. The summed E-state index contributed by atoms with van der Waals surface area (Å²) >= 11 is 0. The van der Waals surface area contributed by atoms with E-state index in [2.05, 4.69) is 0 Å². The lowest BCUT2D eigenvalue weighted by atomic mass is 9.94. The molecule has 118 valence electrons. The monoisotopic (exact) mass is 312 g/mol. The molecule has 1 aliphatic rings. The molecule has 0 aliphatic heterocycles. The molecule has 23 heavy (non-hydrogen) atoms. The van der Waals surface area contributed by atoms with E-state index in [1.165, 1.54) is 6.26 Å². The maximum absolute atomic E-state index is 12.6. The molecule has 5 nitrogen and oxygen atoms in total. The van der Waals surface area contributed by atoms with Crippen molar-refractivity contribution < 1.29 is 23.8 Å². The summed E-state index contributed by atoms with van der Waals surface area (Å²) in [6.45, 7) is 1.40. The smallest absolute Gasteiger partial charge is 0.329 e. The van der Waals surface area contributed by atoms with Crippen LogP contribution in [0.1, 0.15) is 29.3 Å². The van der Waals surface area contributed by atoms with Gasteiger partial charge in [0.05, 0.1) is 11.2 Å². The first-order chi connectivity index (χ1) is 11.0. The standard InChI is InChI=1S/C18H16O5/c1-18(23-11-16(19)20)8-7-15-13(9-18)14(10-22-15)17(21)12-5-3-2-4-6-12/h2-7,9-10H,8,11H2,1H3,(H,19,20). The van der Waals surface area contributed by atoms with Crippen molar-refractivity contribution in [2.75, 3.05) is 6.61 Å². The molecule has 1 aromatic heterocycles. The lowest BCUT2D eigenvalue weighted by molar-refractivity contribution is -0.145. The van der Waals surface area contributed by atoms with Crippen molar-refractivity contribution in [3.63, 3.8) is 0 Å². The fourth-order valence-electron chi connectivity index (χ4n) is 2.60. The van der Waals surface area contributed by atoms with Crippen LogP contribution in [0.25, 0.3) is 12.2 Å². The van der Waals surface area contributed by atoms with Crippen molar-refractivity contribution >= 4 is 23.9 Å². The van der Waals surface area contributed by atoms with Gasteiger partial charge in [-0.15, -0.1) is 0 Å². The summed E-state index contributed by atoms with van der Waals surface area (Å²) in [7, 11) is 0. The fourth-order valence-corrected chi connectivity index (χ4v) is 2.60. The van der Waals surface area contributed by atoms with Gasteiger partial charge in [0.1, 0.15) is 18.3 Å². The van der Waals surface area contributed by atoms with Gasteiger partial charge in [-0.2, -0.15) is 0 Å². The third kappa shape index (κ3) is 3.10. The number of benzene rings is 1. The Balaban J connectivity index is 2.00. The van der Waals surface area contributed by atoms with Crippen LogP contribution in [0.5, 0.6) is 0 Å². The molecule has 1 aromatic carbocycles. The molecule has 0 saturated carbocycles. The molecule has 3 rings (SSSR count). The molecular weight excluding hydrogens is 296 g/mol. The normalized spacial score (nSPS) is 19.3.